The Morgan fingerprint density at radius 3 is 2.60 bits per heavy atom. The lowest BCUT2D eigenvalue weighted by atomic mass is 9.97. The van der Waals surface area contributed by atoms with Crippen molar-refractivity contribution >= 4 is 33.9 Å². The van der Waals surface area contributed by atoms with Crippen LogP contribution in [0.2, 0.25) is 0 Å². The molecule has 11 heteroatoms. The number of ether oxygens (including phenoxy) is 1. The van der Waals surface area contributed by atoms with E-state index in [-0.39, 0.29) is 11.9 Å². The fraction of sp³-hybridized carbons (Fsp3) is 0.324. The zero-order valence-electron chi connectivity index (χ0n) is 26.8. The quantitative estimate of drug-likeness (QED) is 0.154. The van der Waals surface area contributed by atoms with Gasteiger partial charge in [-0.15, -0.1) is 0 Å². The Hall–Kier alpha value is -5.29. The minimum Gasteiger partial charge on any atom is -0.453 e. The number of alkyl carbamates (subject to hydrolysis) is 1. The lowest BCUT2D eigenvalue weighted by molar-refractivity contribution is -0.133. The number of imidazole rings is 2. The molecule has 2 amide bonds. The van der Waals surface area contributed by atoms with Gasteiger partial charge in [0.1, 0.15) is 23.2 Å². The summed E-state index contributed by atoms with van der Waals surface area (Å²) < 4.78 is 4.85. The molecule has 5 aromatic rings. The third kappa shape index (κ3) is 5.74. The lowest BCUT2D eigenvalue weighted by Gasteiger charge is -2.29. The highest BCUT2D eigenvalue weighted by atomic mass is 16.5. The number of rotatable bonds is 7. The molecule has 0 bridgehead atoms. The summed E-state index contributed by atoms with van der Waals surface area (Å²) in [4.78, 5) is 49.3. The van der Waals surface area contributed by atoms with Crippen molar-refractivity contribution in [3.05, 3.63) is 90.2 Å². The van der Waals surface area contributed by atoms with Crippen molar-refractivity contribution in [2.45, 2.75) is 56.7 Å². The molecule has 1 aliphatic carbocycles. The number of methoxy groups -OCH3 is 1. The number of carbonyl (C=O) groups is 2. The molecule has 2 fully saturated rings. The Bertz CT molecular complexity index is 2070. The second-order valence-electron chi connectivity index (χ2n) is 12.7. The molecule has 0 unspecified atom stereocenters. The molecule has 2 aromatic carbocycles. The van der Waals surface area contributed by atoms with Crippen LogP contribution in [0.25, 0.3) is 44.5 Å². The Morgan fingerprint density at radius 1 is 0.958 bits per heavy atom. The number of H-pyrrole nitrogens is 2. The molecule has 2 aliphatic heterocycles. The van der Waals surface area contributed by atoms with E-state index >= 15 is 0 Å². The highest BCUT2D eigenvalue weighted by molar-refractivity contribution is 5.91. The van der Waals surface area contributed by atoms with Gasteiger partial charge >= 0.3 is 6.09 Å². The van der Waals surface area contributed by atoms with Gasteiger partial charge in [0, 0.05) is 17.7 Å². The molecule has 0 radical (unpaired) electrons. The molecule has 0 spiro atoms. The largest absolute Gasteiger partial charge is 0.453 e. The average molecular weight is 643 g/mol. The zero-order valence-corrected chi connectivity index (χ0v) is 26.8. The monoisotopic (exact) mass is 642 g/mol. The van der Waals surface area contributed by atoms with E-state index in [9.17, 15) is 9.59 Å². The third-order valence-corrected chi connectivity index (χ3v) is 9.75. The topological polar surface area (TPSA) is 141 Å². The van der Waals surface area contributed by atoms with Crippen molar-refractivity contribution in [3.8, 4) is 22.5 Å². The van der Waals surface area contributed by atoms with Crippen LogP contribution >= 0.6 is 0 Å². The number of benzene rings is 2. The van der Waals surface area contributed by atoms with E-state index in [1.165, 1.54) is 13.5 Å². The molecule has 3 atom stereocenters. The van der Waals surface area contributed by atoms with Crippen LogP contribution in [0.15, 0.2) is 78.5 Å². The summed E-state index contributed by atoms with van der Waals surface area (Å²) in [6, 6.07) is 16.1. The number of fused-ring (bicyclic) bond motifs is 2. The van der Waals surface area contributed by atoms with Crippen molar-refractivity contribution in [2.24, 2.45) is 0 Å². The first kappa shape index (κ1) is 30.1. The maximum atomic E-state index is 13.9. The van der Waals surface area contributed by atoms with Crippen molar-refractivity contribution in [1.29, 1.82) is 0 Å². The van der Waals surface area contributed by atoms with Gasteiger partial charge in [-0.3, -0.25) is 4.79 Å². The summed E-state index contributed by atoms with van der Waals surface area (Å²) in [7, 11) is 1.31. The van der Waals surface area contributed by atoms with Gasteiger partial charge in [0.15, 0.2) is 5.65 Å². The Morgan fingerprint density at radius 2 is 1.81 bits per heavy atom. The van der Waals surface area contributed by atoms with E-state index in [1.54, 1.807) is 0 Å². The first-order valence-corrected chi connectivity index (χ1v) is 16.7. The van der Waals surface area contributed by atoms with Crippen LogP contribution in [-0.4, -0.2) is 68.1 Å². The number of nitrogens with zero attached hydrogens (tertiary/aromatic N) is 4. The van der Waals surface area contributed by atoms with Crippen LogP contribution in [0.3, 0.4) is 0 Å². The number of nitrogens with one attached hydrogen (secondary N) is 4. The number of hydrogen-bond acceptors (Lipinski definition) is 7. The Labute approximate surface area is 277 Å². The van der Waals surface area contributed by atoms with Crippen molar-refractivity contribution in [3.63, 3.8) is 0 Å². The normalized spacial score (nSPS) is 19.9. The number of aromatic amines is 2. The summed E-state index contributed by atoms with van der Waals surface area (Å²) in [5.74, 6) is 1.55. The summed E-state index contributed by atoms with van der Waals surface area (Å²) in [5.41, 5.74) is 6.26. The fourth-order valence-corrected chi connectivity index (χ4v) is 7.21. The predicted octanol–water partition coefficient (Wildman–Crippen LogP) is 6.26. The van der Waals surface area contributed by atoms with Crippen LogP contribution in [0.5, 0.6) is 0 Å². The molecule has 3 aromatic heterocycles. The third-order valence-electron chi connectivity index (χ3n) is 9.75. The standard InChI is InChI=1S/C37H38N8O3/c1-48-37(47)43-32(22-7-3-2-4-8-22)36(46)45-18-6-10-31(45)35-41-29-16-15-27(40-34(29)44-35)25-13-11-24-20-26(14-12-23(24)19-25)30-21-39-33(42-30)28-9-5-17-38-28/h2-3,8,11-16,19-21,28,31-32,38H,4-7,9-10,17-18H2,1H3,(H,39,42)(H,43,47)(H,40,41,44)/t28-,31-,32+/m0/s1. The lowest BCUT2D eigenvalue weighted by Crippen LogP contribution is -2.49. The molecule has 5 heterocycles. The number of amides is 2. The maximum absolute atomic E-state index is 13.9. The van der Waals surface area contributed by atoms with E-state index in [2.05, 4.69) is 68.1 Å². The summed E-state index contributed by atoms with van der Waals surface area (Å²) in [6.07, 6.45) is 12.6. The van der Waals surface area contributed by atoms with Gasteiger partial charge < -0.3 is 30.2 Å². The Balaban J connectivity index is 1.03. The minimum absolute atomic E-state index is 0.156. The SMILES string of the molecule is COC(=O)N[C@@H](C(=O)N1CCC[C@H]1c1nc2ccc(-c3ccc4cc(-c5cnc([C@@H]6CCCN6)[nH]5)ccc4c3)nc2[nH]1)C1=CCC=CC1. The summed E-state index contributed by atoms with van der Waals surface area (Å²) >= 11 is 0. The molecule has 244 valence electrons. The highest BCUT2D eigenvalue weighted by Gasteiger charge is 2.38. The number of likely N-dealkylation sites (tertiary alicyclic amines) is 1. The van der Waals surface area contributed by atoms with Crippen LogP contribution in [0.4, 0.5) is 4.79 Å². The molecule has 0 saturated carbocycles. The minimum atomic E-state index is -0.785. The molecular formula is C37H38N8O3. The Kier molecular flexibility index (Phi) is 7.97. The number of allylic oxidation sites excluding steroid dienone is 3. The van der Waals surface area contributed by atoms with Crippen LogP contribution in [-0.2, 0) is 9.53 Å². The van der Waals surface area contributed by atoms with Crippen molar-refractivity contribution in [2.75, 3.05) is 20.2 Å². The number of aromatic nitrogens is 5. The first-order chi connectivity index (χ1) is 23.5. The summed E-state index contributed by atoms with van der Waals surface area (Å²) in [6.45, 7) is 1.62. The smallest absolute Gasteiger partial charge is 0.407 e. The van der Waals surface area contributed by atoms with Gasteiger partial charge in [-0.2, -0.15) is 0 Å². The fourth-order valence-electron chi connectivity index (χ4n) is 7.21. The maximum Gasteiger partial charge on any atom is 0.407 e. The molecule has 2 saturated heterocycles. The number of carbonyl (C=O) groups excluding carboxylic acids is 2. The number of pyridine rings is 1. The number of hydrogen-bond donors (Lipinski definition) is 4. The van der Waals surface area contributed by atoms with E-state index < -0.39 is 12.1 Å². The van der Waals surface area contributed by atoms with Gasteiger partial charge in [0.05, 0.1) is 36.8 Å². The molecule has 48 heavy (non-hydrogen) atoms. The van der Waals surface area contributed by atoms with E-state index in [4.69, 9.17) is 14.7 Å². The molecule has 3 aliphatic rings. The highest BCUT2D eigenvalue weighted by Crippen LogP contribution is 2.34. The van der Waals surface area contributed by atoms with Gasteiger partial charge in [0.2, 0.25) is 5.91 Å². The van der Waals surface area contributed by atoms with E-state index in [0.717, 1.165) is 82.4 Å². The van der Waals surface area contributed by atoms with Gasteiger partial charge in [0.25, 0.3) is 0 Å². The van der Waals surface area contributed by atoms with Crippen LogP contribution in [0.1, 0.15) is 62.3 Å². The van der Waals surface area contributed by atoms with Crippen LogP contribution in [0, 0.1) is 0 Å². The van der Waals surface area contributed by atoms with Gasteiger partial charge in [-0.1, -0.05) is 42.5 Å². The van der Waals surface area contributed by atoms with E-state index in [1.807, 2.05) is 35.4 Å². The predicted molar refractivity (Wildman–Crippen MR) is 184 cm³/mol. The van der Waals surface area contributed by atoms with Crippen molar-refractivity contribution in [1.82, 2.24) is 40.5 Å². The second kappa shape index (κ2) is 12.7. The molecule has 8 rings (SSSR count). The van der Waals surface area contributed by atoms with Crippen molar-refractivity contribution < 1.29 is 14.3 Å². The molecule has 11 nitrogen and oxygen atoms in total. The van der Waals surface area contributed by atoms with E-state index in [0.29, 0.717) is 30.5 Å². The average Bonchev–Trinajstić information content (AvgIpc) is 3.96. The molecular weight excluding hydrogens is 604 g/mol. The first-order valence-electron chi connectivity index (χ1n) is 16.7. The molecule has 4 N–H and O–H groups in total. The van der Waals surface area contributed by atoms with Gasteiger partial charge in [-0.05, 0) is 85.7 Å². The zero-order chi connectivity index (χ0) is 32.6. The van der Waals surface area contributed by atoms with Gasteiger partial charge in [-0.25, -0.2) is 19.7 Å². The summed E-state index contributed by atoms with van der Waals surface area (Å²) in [5, 5.41) is 8.54. The second-order valence-corrected chi connectivity index (χ2v) is 12.7. The van der Waals surface area contributed by atoms with Crippen LogP contribution < -0.4 is 10.6 Å².